The average molecular weight is 371 g/mol. The number of hydrogen-bond donors (Lipinski definition) is 2. The fourth-order valence-corrected chi connectivity index (χ4v) is 4.01. The predicted molar refractivity (Wildman–Crippen MR) is 99.3 cm³/mol. The van der Waals surface area contributed by atoms with Gasteiger partial charge in [0, 0.05) is 43.4 Å². The molecular formula is C16H23ClN4O2S. The van der Waals surface area contributed by atoms with Gasteiger partial charge in [0.2, 0.25) is 5.91 Å². The summed E-state index contributed by atoms with van der Waals surface area (Å²) < 4.78 is 0. The summed E-state index contributed by atoms with van der Waals surface area (Å²) >= 11 is 1.53. The Morgan fingerprint density at radius 2 is 2.17 bits per heavy atom. The molecule has 6 nitrogen and oxygen atoms in total. The van der Waals surface area contributed by atoms with Crippen LogP contribution in [-0.2, 0) is 11.2 Å². The van der Waals surface area contributed by atoms with E-state index in [4.69, 9.17) is 0 Å². The lowest BCUT2D eigenvalue weighted by molar-refractivity contribution is -0.132. The second kappa shape index (κ2) is 7.63. The van der Waals surface area contributed by atoms with Gasteiger partial charge in [-0.25, -0.2) is 4.98 Å². The highest BCUT2D eigenvalue weighted by Crippen LogP contribution is 2.25. The SMILES string of the molecule is Cc1sc2nc(CCC(=O)N3CCNC(C)C3)[nH]c(=O)c2c1C.Cl. The van der Waals surface area contributed by atoms with Crippen LogP contribution in [0.15, 0.2) is 4.79 Å². The topological polar surface area (TPSA) is 78.1 Å². The van der Waals surface area contributed by atoms with Gasteiger partial charge in [0.1, 0.15) is 10.7 Å². The van der Waals surface area contributed by atoms with Gasteiger partial charge in [-0.1, -0.05) is 0 Å². The van der Waals surface area contributed by atoms with Crippen LogP contribution in [0.5, 0.6) is 0 Å². The first-order valence-corrected chi connectivity index (χ1v) is 8.77. The van der Waals surface area contributed by atoms with Crippen molar-refractivity contribution in [3.63, 3.8) is 0 Å². The van der Waals surface area contributed by atoms with Gasteiger partial charge in [-0.3, -0.25) is 9.59 Å². The number of H-pyrrole nitrogens is 1. The number of amides is 1. The van der Waals surface area contributed by atoms with E-state index in [1.165, 1.54) is 11.3 Å². The Morgan fingerprint density at radius 1 is 1.42 bits per heavy atom. The molecule has 24 heavy (non-hydrogen) atoms. The molecule has 1 atom stereocenters. The van der Waals surface area contributed by atoms with Gasteiger partial charge in [0.25, 0.3) is 5.56 Å². The lowest BCUT2D eigenvalue weighted by Crippen LogP contribution is -2.51. The zero-order chi connectivity index (χ0) is 16.6. The molecule has 2 aromatic heterocycles. The van der Waals surface area contributed by atoms with Crippen LogP contribution in [0.3, 0.4) is 0 Å². The molecule has 132 valence electrons. The van der Waals surface area contributed by atoms with Crippen molar-refractivity contribution in [2.45, 2.75) is 39.7 Å². The second-order valence-corrected chi connectivity index (χ2v) is 7.37. The molecule has 0 bridgehead atoms. The van der Waals surface area contributed by atoms with Gasteiger partial charge in [-0.2, -0.15) is 0 Å². The summed E-state index contributed by atoms with van der Waals surface area (Å²) in [6, 6.07) is 0.332. The molecule has 1 saturated heterocycles. The quantitative estimate of drug-likeness (QED) is 0.863. The molecule has 1 amide bonds. The van der Waals surface area contributed by atoms with Gasteiger partial charge in [-0.05, 0) is 26.3 Å². The van der Waals surface area contributed by atoms with Crippen molar-refractivity contribution in [3.05, 3.63) is 26.6 Å². The molecule has 0 spiro atoms. The molecule has 1 unspecified atom stereocenters. The van der Waals surface area contributed by atoms with Crippen LogP contribution in [0, 0.1) is 13.8 Å². The van der Waals surface area contributed by atoms with Crippen molar-refractivity contribution < 1.29 is 4.79 Å². The molecule has 1 fully saturated rings. The van der Waals surface area contributed by atoms with E-state index in [0.717, 1.165) is 34.9 Å². The molecule has 2 N–H and O–H groups in total. The number of rotatable bonds is 3. The molecular weight excluding hydrogens is 348 g/mol. The molecule has 0 saturated carbocycles. The van der Waals surface area contributed by atoms with E-state index in [1.54, 1.807) is 0 Å². The van der Waals surface area contributed by atoms with Crippen molar-refractivity contribution in [2.75, 3.05) is 19.6 Å². The van der Waals surface area contributed by atoms with Crippen LogP contribution in [0.1, 0.15) is 29.6 Å². The number of aromatic nitrogens is 2. The molecule has 0 aliphatic carbocycles. The van der Waals surface area contributed by atoms with Crippen LogP contribution >= 0.6 is 23.7 Å². The number of aromatic amines is 1. The van der Waals surface area contributed by atoms with E-state index in [1.807, 2.05) is 18.7 Å². The summed E-state index contributed by atoms with van der Waals surface area (Å²) in [4.78, 5) is 35.7. The van der Waals surface area contributed by atoms with Gasteiger partial charge in [-0.15, -0.1) is 23.7 Å². The monoisotopic (exact) mass is 370 g/mol. The number of hydrogen-bond acceptors (Lipinski definition) is 5. The number of thiophene rings is 1. The molecule has 0 radical (unpaired) electrons. The molecule has 1 aliphatic rings. The number of carbonyl (C=O) groups excluding carboxylic acids is 1. The molecule has 3 heterocycles. The molecule has 1 aliphatic heterocycles. The lowest BCUT2D eigenvalue weighted by Gasteiger charge is -2.31. The van der Waals surface area contributed by atoms with Crippen LogP contribution in [0.4, 0.5) is 0 Å². The molecule has 0 aromatic carbocycles. The van der Waals surface area contributed by atoms with Crippen LogP contribution in [-0.4, -0.2) is 46.5 Å². The summed E-state index contributed by atoms with van der Waals surface area (Å²) in [6.07, 6.45) is 0.850. The molecule has 8 heteroatoms. The normalized spacial score (nSPS) is 17.8. The lowest BCUT2D eigenvalue weighted by atomic mass is 10.2. The first-order valence-electron chi connectivity index (χ1n) is 7.95. The zero-order valence-corrected chi connectivity index (χ0v) is 15.8. The predicted octanol–water partition coefficient (Wildman–Crippen LogP) is 1.78. The third-order valence-corrected chi connectivity index (χ3v) is 5.49. The van der Waals surface area contributed by atoms with E-state index in [9.17, 15) is 9.59 Å². The van der Waals surface area contributed by atoms with Gasteiger partial charge >= 0.3 is 0 Å². The number of fused-ring (bicyclic) bond motifs is 1. The zero-order valence-electron chi connectivity index (χ0n) is 14.1. The van der Waals surface area contributed by atoms with Crippen molar-refractivity contribution in [3.8, 4) is 0 Å². The van der Waals surface area contributed by atoms with Crippen LogP contribution in [0.25, 0.3) is 10.2 Å². The Labute approximate surface area is 151 Å². The smallest absolute Gasteiger partial charge is 0.259 e. The summed E-state index contributed by atoms with van der Waals surface area (Å²) in [5, 5.41) is 4.00. The summed E-state index contributed by atoms with van der Waals surface area (Å²) in [6.45, 7) is 8.34. The number of nitrogens with one attached hydrogen (secondary N) is 2. The third-order valence-electron chi connectivity index (χ3n) is 4.39. The highest BCUT2D eigenvalue weighted by molar-refractivity contribution is 7.18. The van der Waals surface area contributed by atoms with Crippen molar-refractivity contribution >= 4 is 39.9 Å². The van der Waals surface area contributed by atoms with E-state index in [-0.39, 0.29) is 23.9 Å². The van der Waals surface area contributed by atoms with E-state index < -0.39 is 0 Å². The maximum Gasteiger partial charge on any atom is 0.259 e. The Bertz CT molecular complexity index is 801. The van der Waals surface area contributed by atoms with E-state index >= 15 is 0 Å². The maximum atomic E-state index is 12.3. The van der Waals surface area contributed by atoms with Gasteiger partial charge < -0.3 is 15.2 Å². The number of nitrogens with zero attached hydrogens (tertiary/aromatic N) is 2. The number of aryl methyl sites for hydroxylation is 3. The number of piperazine rings is 1. The van der Waals surface area contributed by atoms with E-state index in [0.29, 0.717) is 30.1 Å². The number of halogens is 1. The highest BCUT2D eigenvalue weighted by atomic mass is 35.5. The van der Waals surface area contributed by atoms with Crippen molar-refractivity contribution in [1.82, 2.24) is 20.2 Å². The largest absolute Gasteiger partial charge is 0.340 e. The molecule has 2 aromatic rings. The standard InChI is InChI=1S/C16H22N4O2S.ClH/c1-9-8-20(7-6-17-9)13(21)5-4-12-18-15(22)14-10(2)11(3)23-16(14)19-12;/h9,17H,4-8H2,1-3H3,(H,18,19,22);1H. The van der Waals surface area contributed by atoms with Gasteiger partial charge in [0.05, 0.1) is 5.39 Å². The Morgan fingerprint density at radius 3 is 2.88 bits per heavy atom. The maximum absolute atomic E-state index is 12.3. The first-order chi connectivity index (χ1) is 11.0. The third kappa shape index (κ3) is 3.79. The van der Waals surface area contributed by atoms with Crippen molar-refractivity contribution in [2.24, 2.45) is 0 Å². The minimum Gasteiger partial charge on any atom is -0.340 e. The van der Waals surface area contributed by atoms with Crippen molar-refractivity contribution in [1.29, 1.82) is 0 Å². The summed E-state index contributed by atoms with van der Waals surface area (Å²) in [5.41, 5.74) is 0.895. The minimum atomic E-state index is -0.102. The van der Waals surface area contributed by atoms with Crippen LogP contribution in [0.2, 0.25) is 0 Å². The summed E-state index contributed by atoms with van der Waals surface area (Å²) in [5.74, 6) is 0.722. The fourth-order valence-electron chi connectivity index (χ4n) is 2.96. The Kier molecular flexibility index (Phi) is 6.01. The first kappa shape index (κ1) is 18.9. The van der Waals surface area contributed by atoms with Gasteiger partial charge in [0.15, 0.2) is 0 Å². The Hall–Kier alpha value is -1.44. The van der Waals surface area contributed by atoms with E-state index in [2.05, 4.69) is 22.2 Å². The second-order valence-electron chi connectivity index (χ2n) is 6.17. The Balaban J connectivity index is 0.00000208. The molecule has 3 rings (SSSR count). The number of carbonyl (C=O) groups is 1. The fraction of sp³-hybridized carbons (Fsp3) is 0.562. The highest BCUT2D eigenvalue weighted by Gasteiger charge is 2.20. The minimum absolute atomic E-state index is 0. The van der Waals surface area contributed by atoms with Crippen LogP contribution < -0.4 is 10.9 Å². The summed E-state index contributed by atoms with van der Waals surface area (Å²) in [7, 11) is 0. The average Bonchev–Trinajstić information content (AvgIpc) is 2.80.